The van der Waals surface area contributed by atoms with Gasteiger partial charge in [-0.2, -0.15) is 10.1 Å². The molecule has 0 N–H and O–H groups in total. The van der Waals surface area contributed by atoms with Crippen LogP contribution in [-0.4, -0.2) is 20.3 Å². The first-order valence-electron chi connectivity index (χ1n) is 7.36. The van der Waals surface area contributed by atoms with Crippen molar-refractivity contribution < 1.29 is 9.18 Å². The van der Waals surface area contributed by atoms with Gasteiger partial charge in [0.2, 0.25) is 0 Å². The first kappa shape index (κ1) is 16.1. The highest BCUT2D eigenvalue weighted by Gasteiger charge is 2.14. The molecule has 1 aromatic carbocycles. The van der Waals surface area contributed by atoms with Gasteiger partial charge >= 0.3 is 0 Å². The number of halogens is 1. The molecule has 0 unspecified atom stereocenters. The van der Waals surface area contributed by atoms with Crippen LogP contribution >= 0.6 is 11.3 Å². The number of thiazole rings is 1. The molecule has 0 fully saturated rings. The summed E-state index contributed by atoms with van der Waals surface area (Å²) in [5, 5.41) is 4.14. The summed E-state index contributed by atoms with van der Waals surface area (Å²) in [7, 11) is 0. The molecule has 3 aromatic rings. The first-order valence-corrected chi connectivity index (χ1v) is 8.18. The van der Waals surface area contributed by atoms with Crippen LogP contribution < -0.4 is 4.80 Å². The van der Waals surface area contributed by atoms with E-state index in [1.54, 1.807) is 27.6 Å². The van der Waals surface area contributed by atoms with Crippen molar-refractivity contribution in [3.05, 3.63) is 46.8 Å². The van der Waals surface area contributed by atoms with Crippen molar-refractivity contribution >= 4 is 27.5 Å². The molecular weight excluding hydrogens is 327 g/mol. The summed E-state index contributed by atoms with van der Waals surface area (Å²) in [6.07, 6.45) is 6.99. The van der Waals surface area contributed by atoms with Crippen molar-refractivity contribution in [1.82, 2.24) is 14.3 Å². The predicted molar refractivity (Wildman–Crippen MR) is 91.1 cm³/mol. The number of rotatable bonds is 3. The molecule has 24 heavy (non-hydrogen) atoms. The molecule has 0 aliphatic heterocycles. The second-order valence-electron chi connectivity index (χ2n) is 5.46. The Hall–Kier alpha value is -2.72. The number of terminal acetylenes is 1. The van der Waals surface area contributed by atoms with Gasteiger partial charge in [-0.05, 0) is 38.1 Å². The lowest BCUT2D eigenvalue weighted by atomic mass is 10.3. The molecule has 122 valence electrons. The van der Waals surface area contributed by atoms with Gasteiger partial charge in [0.15, 0.2) is 4.80 Å². The van der Waals surface area contributed by atoms with Crippen LogP contribution in [0.25, 0.3) is 10.2 Å². The van der Waals surface area contributed by atoms with Crippen LogP contribution in [-0.2, 0) is 6.54 Å². The minimum absolute atomic E-state index is 0.0449. The fourth-order valence-corrected chi connectivity index (χ4v) is 3.47. The minimum atomic E-state index is -0.404. The molecule has 0 saturated heterocycles. The van der Waals surface area contributed by atoms with Gasteiger partial charge in [0.05, 0.1) is 16.8 Å². The van der Waals surface area contributed by atoms with E-state index in [1.807, 2.05) is 13.8 Å². The van der Waals surface area contributed by atoms with Crippen LogP contribution in [0.2, 0.25) is 0 Å². The van der Waals surface area contributed by atoms with Crippen LogP contribution in [0.15, 0.2) is 35.5 Å². The van der Waals surface area contributed by atoms with Crippen molar-refractivity contribution in [3.8, 4) is 12.3 Å². The van der Waals surface area contributed by atoms with E-state index < -0.39 is 5.91 Å². The van der Waals surface area contributed by atoms with Gasteiger partial charge in [-0.3, -0.25) is 9.48 Å². The number of aromatic nitrogens is 3. The van der Waals surface area contributed by atoms with E-state index in [2.05, 4.69) is 16.0 Å². The largest absolute Gasteiger partial charge is 0.305 e. The monoisotopic (exact) mass is 342 g/mol. The van der Waals surface area contributed by atoms with Gasteiger partial charge in [-0.1, -0.05) is 17.3 Å². The maximum atomic E-state index is 13.4. The maximum absolute atomic E-state index is 13.4. The van der Waals surface area contributed by atoms with Gasteiger partial charge in [0.25, 0.3) is 5.91 Å². The molecule has 0 spiro atoms. The third-order valence-corrected chi connectivity index (χ3v) is 4.51. The third kappa shape index (κ3) is 2.88. The fraction of sp³-hybridized carbons (Fsp3) is 0.235. The Morgan fingerprint density at radius 3 is 2.96 bits per heavy atom. The Labute approximate surface area is 142 Å². The maximum Gasteiger partial charge on any atom is 0.297 e. The summed E-state index contributed by atoms with van der Waals surface area (Å²) < 4.78 is 17.5. The summed E-state index contributed by atoms with van der Waals surface area (Å²) in [5.41, 5.74) is 1.16. The number of hydrogen-bond acceptors (Lipinski definition) is 3. The van der Waals surface area contributed by atoms with E-state index in [4.69, 9.17) is 6.42 Å². The summed E-state index contributed by atoms with van der Waals surface area (Å²) in [5.74, 6) is 1.80. The molecule has 2 aromatic heterocycles. The summed E-state index contributed by atoms with van der Waals surface area (Å²) >= 11 is 1.23. The molecule has 0 bridgehead atoms. The van der Waals surface area contributed by atoms with E-state index in [0.29, 0.717) is 15.2 Å². The number of benzene rings is 1. The summed E-state index contributed by atoms with van der Waals surface area (Å²) in [6, 6.07) is 6.09. The molecular formula is C17H15FN4OS. The van der Waals surface area contributed by atoms with Crippen molar-refractivity contribution in [2.24, 2.45) is 4.99 Å². The Balaban J connectivity index is 2.15. The number of carbonyl (C=O) groups excluding carboxylic acids is 1. The van der Waals surface area contributed by atoms with Crippen molar-refractivity contribution in [2.45, 2.75) is 26.4 Å². The van der Waals surface area contributed by atoms with E-state index >= 15 is 0 Å². The van der Waals surface area contributed by atoms with Crippen LogP contribution in [0.3, 0.4) is 0 Å². The summed E-state index contributed by atoms with van der Waals surface area (Å²) in [4.78, 5) is 17.2. The van der Waals surface area contributed by atoms with Crippen LogP contribution in [0.1, 0.15) is 30.4 Å². The molecule has 7 heteroatoms. The number of hydrogen-bond donors (Lipinski definition) is 0. The van der Waals surface area contributed by atoms with E-state index in [0.717, 1.165) is 5.52 Å². The van der Waals surface area contributed by atoms with E-state index in [9.17, 15) is 9.18 Å². The highest BCUT2D eigenvalue weighted by molar-refractivity contribution is 7.16. The number of fused-ring (bicyclic) bond motifs is 1. The van der Waals surface area contributed by atoms with Crippen LogP contribution in [0.4, 0.5) is 4.39 Å². The molecule has 0 aliphatic carbocycles. The zero-order valence-corrected chi connectivity index (χ0v) is 14.0. The van der Waals surface area contributed by atoms with E-state index in [1.165, 1.54) is 23.5 Å². The second-order valence-corrected chi connectivity index (χ2v) is 6.47. The first-order chi connectivity index (χ1) is 11.5. The molecule has 5 nitrogen and oxygen atoms in total. The topological polar surface area (TPSA) is 52.2 Å². The molecule has 3 rings (SSSR count). The lowest BCUT2D eigenvalue weighted by Gasteiger charge is -2.07. The Morgan fingerprint density at radius 1 is 1.46 bits per heavy atom. The van der Waals surface area contributed by atoms with Crippen LogP contribution in [0, 0.1) is 18.2 Å². The number of amides is 1. The van der Waals surface area contributed by atoms with E-state index in [-0.39, 0.29) is 18.4 Å². The molecule has 0 radical (unpaired) electrons. The average Bonchev–Trinajstić information content (AvgIpc) is 3.13. The number of carbonyl (C=O) groups is 1. The lowest BCUT2D eigenvalue weighted by molar-refractivity contribution is 0.0986. The Morgan fingerprint density at radius 2 is 2.25 bits per heavy atom. The highest BCUT2D eigenvalue weighted by atomic mass is 32.1. The minimum Gasteiger partial charge on any atom is -0.305 e. The van der Waals surface area contributed by atoms with Gasteiger partial charge in [0, 0.05) is 12.2 Å². The highest BCUT2D eigenvalue weighted by Crippen LogP contribution is 2.19. The fourth-order valence-electron chi connectivity index (χ4n) is 2.42. The normalized spacial score (nSPS) is 12.0. The summed E-state index contributed by atoms with van der Waals surface area (Å²) in [6.45, 7) is 4.12. The number of nitrogens with zero attached hydrogens (tertiary/aromatic N) is 4. The average molecular weight is 342 g/mol. The van der Waals surface area contributed by atoms with Crippen molar-refractivity contribution in [2.75, 3.05) is 0 Å². The van der Waals surface area contributed by atoms with Crippen LogP contribution in [0.5, 0.6) is 0 Å². The van der Waals surface area contributed by atoms with Gasteiger partial charge in [-0.25, -0.2) is 4.39 Å². The standard InChI is InChI=1S/C17H15FN4OS/c1-4-9-21-13-6-5-12(18)10-15(13)24-17(21)20-16(23)14-7-8-19-22(14)11(2)3/h1,5-8,10-11H,9H2,2-3H3. The molecule has 0 saturated carbocycles. The predicted octanol–water partition coefficient (Wildman–Crippen LogP) is 2.99. The lowest BCUT2D eigenvalue weighted by Crippen LogP contribution is -2.18. The molecule has 0 aliphatic rings. The van der Waals surface area contributed by atoms with Crippen molar-refractivity contribution in [1.29, 1.82) is 0 Å². The molecule has 0 atom stereocenters. The Bertz CT molecular complexity index is 1020. The van der Waals surface area contributed by atoms with Gasteiger partial charge in [-0.15, -0.1) is 6.42 Å². The van der Waals surface area contributed by atoms with Gasteiger partial charge in [0.1, 0.15) is 11.5 Å². The quantitative estimate of drug-likeness (QED) is 0.687. The zero-order chi connectivity index (χ0) is 17.3. The molecule has 2 heterocycles. The second kappa shape index (κ2) is 6.42. The Kier molecular flexibility index (Phi) is 4.32. The van der Waals surface area contributed by atoms with Gasteiger partial charge < -0.3 is 4.57 Å². The SMILES string of the molecule is C#CCn1c(=NC(=O)c2ccnn2C(C)C)sc2cc(F)ccc21. The van der Waals surface area contributed by atoms with Crippen molar-refractivity contribution in [3.63, 3.8) is 0 Å². The third-order valence-electron chi connectivity index (χ3n) is 3.47. The smallest absolute Gasteiger partial charge is 0.297 e. The zero-order valence-electron chi connectivity index (χ0n) is 13.2. The molecule has 1 amide bonds.